The molecule has 1 aliphatic rings. The van der Waals surface area contributed by atoms with Crippen LogP contribution in [0.3, 0.4) is 0 Å². The van der Waals surface area contributed by atoms with Crippen LogP contribution in [0.2, 0.25) is 5.02 Å². The minimum atomic E-state index is -0.834. The van der Waals surface area contributed by atoms with E-state index in [4.69, 9.17) is 16.3 Å². The van der Waals surface area contributed by atoms with Crippen LogP contribution in [0.5, 0.6) is 11.5 Å². The van der Waals surface area contributed by atoms with Crippen LogP contribution >= 0.6 is 11.6 Å². The van der Waals surface area contributed by atoms with E-state index in [0.717, 1.165) is 0 Å². The van der Waals surface area contributed by atoms with E-state index in [2.05, 4.69) is 0 Å². The molecule has 1 saturated heterocycles. The van der Waals surface area contributed by atoms with E-state index in [-0.39, 0.29) is 28.6 Å². The Morgan fingerprint density at radius 1 is 1.19 bits per heavy atom. The number of aliphatic hydroxyl groups excluding tert-OH is 1. The number of benzene rings is 2. The SMILES string of the molecule is COc1ccc(/C(O)=C2/C(=O)C(=O)N(CCN(C)C)C2c2ccc(O)c(Cl)c2)c(C)c1. The fourth-order valence-corrected chi connectivity index (χ4v) is 3.82. The number of aromatic hydroxyl groups is 1. The standard InChI is InChI=1S/C23H25ClN2O5/c1-13-11-15(31-4)6-7-16(13)21(28)19-20(14-5-8-18(27)17(24)12-14)26(10-9-25(2)3)23(30)22(19)29/h5-8,11-12,20,27-28H,9-10H2,1-4H3/b21-19-. The summed E-state index contributed by atoms with van der Waals surface area (Å²) < 4.78 is 5.21. The van der Waals surface area contributed by atoms with Crippen molar-refractivity contribution in [2.24, 2.45) is 0 Å². The predicted molar refractivity (Wildman–Crippen MR) is 118 cm³/mol. The highest BCUT2D eigenvalue weighted by molar-refractivity contribution is 6.46. The van der Waals surface area contributed by atoms with Crippen molar-refractivity contribution < 1.29 is 24.5 Å². The van der Waals surface area contributed by atoms with Crippen molar-refractivity contribution in [3.05, 3.63) is 63.7 Å². The van der Waals surface area contributed by atoms with Gasteiger partial charge < -0.3 is 24.7 Å². The second-order valence-corrected chi connectivity index (χ2v) is 8.09. The molecule has 3 rings (SSSR count). The van der Waals surface area contributed by atoms with Gasteiger partial charge >= 0.3 is 0 Å². The lowest BCUT2D eigenvalue weighted by molar-refractivity contribution is -0.140. The third kappa shape index (κ3) is 4.38. The minimum absolute atomic E-state index is 0.0150. The molecule has 1 unspecified atom stereocenters. The number of Topliss-reactive ketones (excluding diaryl/α,β-unsaturated/α-hetero) is 1. The molecule has 0 radical (unpaired) electrons. The van der Waals surface area contributed by atoms with Crippen molar-refractivity contribution in [2.45, 2.75) is 13.0 Å². The monoisotopic (exact) mass is 444 g/mol. The number of halogens is 1. The molecule has 0 saturated carbocycles. The van der Waals surface area contributed by atoms with Gasteiger partial charge in [0.25, 0.3) is 11.7 Å². The number of aliphatic hydroxyl groups is 1. The molecule has 2 N–H and O–H groups in total. The number of phenolic OH excluding ortho intramolecular Hbond substituents is 1. The Morgan fingerprint density at radius 3 is 2.48 bits per heavy atom. The number of rotatable bonds is 6. The smallest absolute Gasteiger partial charge is 0.295 e. The number of hydrogen-bond acceptors (Lipinski definition) is 6. The Bertz CT molecular complexity index is 1060. The van der Waals surface area contributed by atoms with Gasteiger partial charge in [-0.1, -0.05) is 17.7 Å². The molecule has 8 heteroatoms. The quantitative estimate of drug-likeness (QED) is 0.403. The summed E-state index contributed by atoms with van der Waals surface area (Å²) in [7, 11) is 5.27. The predicted octanol–water partition coefficient (Wildman–Crippen LogP) is 3.35. The Kier molecular flexibility index (Phi) is 6.57. The first kappa shape index (κ1) is 22.7. The Balaban J connectivity index is 2.19. The molecule has 2 aromatic rings. The van der Waals surface area contributed by atoms with Crippen LogP contribution in [0.4, 0.5) is 0 Å². The first-order valence-corrected chi connectivity index (χ1v) is 10.1. The number of ketones is 1. The molecule has 1 heterocycles. The lowest BCUT2D eigenvalue weighted by Gasteiger charge is -2.27. The van der Waals surface area contributed by atoms with Gasteiger partial charge in [0.2, 0.25) is 0 Å². The number of likely N-dealkylation sites (tertiary alicyclic amines) is 1. The number of phenols is 1. The summed E-state index contributed by atoms with van der Waals surface area (Å²) in [4.78, 5) is 29.2. The maximum absolute atomic E-state index is 13.0. The van der Waals surface area contributed by atoms with Crippen molar-refractivity contribution in [3.8, 4) is 11.5 Å². The zero-order valence-electron chi connectivity index (χ0n) is 17.8. The lowest BCUT2D eigenvalue weighted by Crippen LogP contribution is -2.35. The van der Waals surface area contributed by atoms with E-state index < -0.39 is 17.7 Å². The van der Waals surface area contributed by atoms with E-state index in [1.54, 1.807) is 38.3 Å². The second kappa shape index (κ2) is 8.99. The third-order valence-corrected chi connectivity index (χ3v) is 5.61. The highest BCUT2D eigenvalue weighted by Crippen LogP contribution is 2.41. The zero-order valence-corrected chi connectivity index (χ0v) is 18.6. The van der Waals surface area contributed by atoms with E-state index in [1.807, 2.05) is 19.0 Å². The molecule has 0 aliphatic carbocycles. The van der Waals surface area contributed by atoms with Gasteiger partial charge in [-0.3, -0.25) is 9.59 Å². The number of ether oxygens (including phenoxy) is 1. The summed E-state index contributed by atoms with van der Waals surface area (Å²) in [6.45, 7) is 2.59. The first-order chi connectivity index (χ1) is 14.6. The number of carbonyl (C=O) groups excluding carboxylic acids is 2. The van der Waals surface area contributed by atoms with Crippen LogP contribution in [-0.4, -0.2) is 66.0 Å². The van der Waals surface area contributed by atoms with Crippen LogP contribution in [0.1, 0.15) is 22.7 Å². The van der Waals surface area contributed by atoms with Gasteiger partial charge in [0.1, 0.15) is 17.3 Å². The van der Waals surface area contributed by atoms with Gasteiger partial charge in [0.15, 0.2) is 0 Å². The van der Waals surface area contributed by atoms with E-state index in [1.165, 1.54) is 17.0 Å². The highest BCUT2D eigenvalue weighted by Gasteiger charge is 2.46. The molecule has 7 nitrogen and oxygen atoms in total. The largest absolute Gasteiger partial charge is 0.507 e. The molecule has 164 valence electrons. The average molecular weight is 445 g/mol. The van der Waals surface area contributed by atoms with Gasteiger partial charge in [0, 0.05) is 18.7 Å². The van der Waals surface area contributed by atoms with Crippen LogP contribution < -0.4 is 4.74 Å². The number of amides is 1. The zero-order chi connectivity index (χ0) is 22.9. The van der Waals surface area contributed by atoms with Crippen LogP contribution in [0.25, 0.3) is 5.76 Å². The van der Waals surface area contributed by atoms with Crippen molar-refractivity contribution in [3.63, 3.8) is 0 Å². The summed E-state index contributed by atoms with van der Waals surface area (Å²) in [5.74, 6) is -1.21. The summed E-state index contributed by atoms with van der Waals surface area (Å²) in [6.07, 6.45) is 0. The lowest BCUT2D eigenvalue weighted by atomic mass is 9.94. The maximum Gasteiger partial charge on any atom is 0.295 e. The Labute approximate surface area is 186 Å². The minimum Gasteiger partial charge on any atom is -0.507 e. The molecule has 2 aromatic carbocycles. The van der Waals surface area contributed by atoms with Crippen molar-refractivity contribution in [1.29, 1.82) is 0 Å². The topological polar surface area (TPSA) is 90.3 Å². The molecule has 0 aromatic heterocycles. The summed E-state index contributed by atoms with van der Waals surface area (Å²) in [6, 6.07) is 8.73. The van der Waals surface area contributed by atoms with Crippen molar-refractivity contribution >= 4 is 29.1 Å². The molecule has 1 amide bonds. The number of aryl methyl sites for hydroxylation is 1. The number of likely N-dealkylation sites (N-methyl/N-ethyl adjacent to an activating group) is 1. The number of hydrogen-bond donors (Lipinski definition) is 2. The second-order valence-electron chi connectivity index (χ2n) is 7.69. The number of nitrogens with zero attached hydrogens (tertiary/aromatic N) is 2. The van der Waals surface area contributed by atoms with Crippen LogP contribution in [-0.2, 0) is 9.59 Å². The molecule has 1 atom stereocenters. The highest BCUT2D eigenvalue weighted by atomic mass is 35.5. The summed E-state index contributed by atoms with van der Waals surface area (Å²) >= 11 is 6.10. The van der Waals surface area contributed by atoms with Gasteiger partial charge in [0.05, 0.1) is 23.7 Å². The van der Waals surface area contributed by atoms with Crippen molar-refractivity contribution in [2.75, 3.05) is 34.3 Å². The number of methoxy groups -OCH3 is 1. The van der Waals surface area contributed by atoms with E-state index in [9.17, 15) is 19.8 Å². The third-order valence-electron chi connectivity index (χ3n) is 5.30. The van der Waals surface area contributed by atoms with Crippen LogP contribution in [0, 0.1) is 6.92 Å². The molecule has 31 heavy (non-hydrogen) atoms. The van der Waals surface area contributed by atoms with Crippen molar-refractivity contribution in [1.82, 2.24) is 9.80 Å². The van der Waals surface area contributed by atoms with Gasteiger partial charge in [-0.15, -0.1) is 0 Å². The van der Waals surface area contributed by atoms with Crippen LogP contribution in [0.15, 0.2) is 42.0 Å². The Hall–Kier alpha value is -3.03. The number of carbonyl (C=O) groups is 2. The molecule has 0 spiro atoms. The molecular formula is C23H25ClN2O5. The fraction of sp³-hybridized carbons (Fsp3) is 0.304. The summed E-state index contributed by atoms with van der Waals surface area (Å²) in [5, 5.41) is 21.1. The molecule has 1 aliphatic heterocycles. The Morgan fingerprint density at radius 2 is 1.90 bits per heavy atom. The summed E-state index contributed by atoms with van der Waals surface area (Å²) in [5.41, 5.74) is 1.63. The molecular weight excluding hydrogens is 420 g/mol. The van der Waals surface area contributed by atoms with E-state index in [0.29, 0.717) is 29.0 Å². The average Bonchev–Trinajstić information content (AvgIpc) is 2.98. The fourth-order valence-electron chi connectivity index (χ4n) is 3.63. The van der Waals surface area contributed by atoms with E-state index >= 15 is 0 Å². The maximum atomic E-state index is 13.0. The molecule has 0 bridgehead atoms. The normalized spacial score (nSPS) is 18.1. The first-order valence-electron chi connectivity index (χ1n) is 9.72. The van der Waals surface area contributed by atoms with Gasteiger partial charge in [-0.05, 0) is 62.5 Å². The molecule has 1 fully saturated rings. The van der Waals surface area contributed by atoms with Gasteiger partial charge in [-0.2, -0.15) is 0 Å². The van der Waals surface area contributed by atoms with Gasteiger partial charge in [-0.25, -0.2) is 0 Å².